The van der Waals surface area contributed by atoms with E-state index in [-0.39, 0.29) is 5.54 Å². The van der Waals surface area contributed by atoms with Crippen LogP contribution in [-0.2, 0) is 0 Å². The van der Waals surface area contributed by atoms with E-state index < -0.39 is 0 Å². The molecule has 2 heterocycles. The Labute approximate surface area is 120 Å². The molecule has 0 saturated carbocycles. The van der Waals surface area contributed by atoms with Crippen LogP contribution in [0.4, 0.5) is 5.69 Å². The molecule has 0 unspecified atom stereocenters. The summed E-state index contributed by atoms with van der Waals surface area (Å²) in [5, 5.41) is 12.3. The lowest BCUT2D eigenvalue weighted by Gasteiger charge is -2.20. The highest BCUT2D eigenvalue weighted by Gasteiger charge is 2.09. The number of rotatable bonds is 5. The van der Waals surface area contributed by atoms with Crippen LogP contribution < -0.4 is 10.6 Å². The van der Waals surface area contributed by atoms with E-state index in [1.165, 1.54) is 0 Å². The molecule has 0 fully saturated rings. The minimum Gasteiger partial charge on any atom is -0.383 e. The van der Waals surface area contributed by atoms with Gasteiger partial charge in [0.05, 0.1) is 18.1 Å². The van der Waals surface area contributed by atoms with E-state index in [0.717, 1.165) is 29.8 Å². The lowest BCUT2D eigenvalue weighted by molar-refractivity contribution is 0.435. The molecule has 0 radical (unpaired) electrons. The maximum Gasteiger partial charge on any atom is 0.158 e. The first-order chi connectivity index (χ1) is 9.37. The van der Waals surface area contributed by atoms with Gasteiger partial charge in [-0.2, -0.15) is 5.10 Å². The molecule has 2 N–H and O–H groups in total. The van der Waals surface area contributed by atoms with Gasteiger partial charge >= 0.3 is 0 Å². The molecule has 20 heavy (non-hydrogen) atoms. The van der Waals surface area contributed by atoms with Crippen molar-refractivity contribution in [3.63, 3.8) is 0 Å². The molecule has 0 amide bonds. The monoisotopic (exact) mass is 275 g/mol. The summed E-state index contributed by atoms with van der Waals surface area (Å²) in [5.74, 6) is 0. The van der Waals surface area contributed by atoms with Crippen LogP contribution in [0.3, 0.4) is 0 Å². The fourth-order valence-corrected chi connectivity index (χ4v) is 2.06. The third-order valence-electron chi connectivity index (χ3n) is 3.03. The Bertz CT molecular complexity index is 565. The van der Waals surface area contributed by atoms with E-state index in [0.29, 0.717) is 6.04 Å². The predicted octanol–water partition coefficient (Wildman–Crippen LogP) is 2.81. The second-order valence-electron chi connectivity index (χ2n) is 6.42. The second-order valence-corrected chi connectivity index (χ2v) is 6.42. The zero-order valence-corrected chi connectivity index (χ0v) is 13.1. The van der Waals surface area contributed by atoms with Crippen LogP contribution in [0.25, 0.3) is 11.0 Å². The number of pyridine rings is 1. The second kappa shape index (κ2) is 5.79. The van der Waals surface area contributed by atoms with Crippen molar-refractivity contribution in [3.05, 3.63) is 18.5 Å². The van der Waals surface area contributed by atoms with Crippen molar-refractivity contribution in [2.45, 2.75) is 46.2 Å². The van der Waals surface area contributed by atoms with Crippen molar-refractivity contribution in [1.29, 1.82) is 0 Å². The number of anilines is 1. The summed E-state index contributed by atoms with van der Waals surface area (Å²) in [6.45, 7) is 12.5. The molecule has 0 saturated heterocycles. The topological polar surface area (TPSA) is 54.8 Å². The molecule has 2 aromatic heterocycles. The van der Waals surface area contributed by atoms with Crippen molar-refractivity contribution >= 4 is 16.7 Å². The minimum absolute atomic E-state index is 0.155. The Balaban J connectivity index is 1.98. The fraction of sp³-hybridized carbons (Fsp3) is 0.600. The highest BCUT2D eigenvalue weighted by Crippen LogP contribution is 2.18. The fourth-order valence-electron chi connectivity index (χ4n) is 2.06. The van der Waals surface area contributed by atoms with Gasteiger partial charge in [-0.05, 0) is 40.7 Å². The average Bonchev–Trinajstić information content (AvgIpc) is 2.76. The van der Waals surface area contributed by atoms with Gasteiger partial charge in [-0.3, -0.25) is 0 Å². The molecule has 2 aromatic rings. The SMILES string of the molecule is CC(C)n1ncc2cc(NCCNC(C)(C)C)cnc21. The Morgan fingerprint density at radius 1 is 1.20 bits per heavy atom. The van der Waals surface area contributed by atoms with Crippen LogP contribution in [0.1, 0.15) is 40.7 Å². The van der Waals surface area contributed by atoms with Crippen LogP contribution >= 0.6 is 0 Å². The summed E-state index contributed by atoms with van der Waals surface area (Å²) in [6.07, 6.45) is 3.75. The first-order valence-electron chi connectivity index (χ1n) is 7.19. The van der Waals surface area contributed by atoms with E-state index >= 15 is 0 Å². The third kappa shape index (κ3) is 3.70. The summed E-state index contributed by atoms with van der Waals surface area (Å²) < 4.78 is 1.94. The van der Waals surface area contributed by atoms with Gasteiger partial charge in [-0.25, -0.2) is 9.67 Å². The maximum absolute atomic E-state index is 4.51. The highest BCUT2D eigenvalue weighted by molar-refractivity contribution is 5.78. The molecule has 0 aliphatic carbocycles. The molecule has 0 aliphatic rings. The first-order valence-corrected chi connectivity index (χ1v) is 7.19. The number of aromatic nitrogens is 3. The Kier molecular flexibility index (Phi) is 4.28. The summed E-state index contributed by atoms with van der Waals surface area (Å²) in [6, 6.07) is 2.43. The predicted molar refractivity (Wildman–Crippen MR) is 84.2 cm³/mol. The van der Waals surface area contributed by atoms with Crippen LogP contribution in [0, 0.1) is 0 Å². The summed E-state index contributed by atoms with van der Waals surface area (Å²) in [5.41, 5.74) is 2.14. The molecule has 2 rings (SSSR count). The van der Waals surface area contributed by atoms with E-state index in [9.17, 15) is 0 Å². The molecular weight excluding hydrogens is 250 g/mol. The number of hydrogen-bond acceptors (Lipinski definition) is 4. The van der Waals surface area contributed by atoms with Crippen LogP contribution in [0.15, 0.2) is 18.5 Å². The molecule has 0 bridgehead atoms. The van der Waals surface area contributed by atoms with Gasteiger partial charge in [0, 0.05) is 30.1 Å². The maximum atomic E-state index is 4.51. The largest absolute Gasteiger partial charge is 0.383 e. The molecular formula is C15H25N5. The Hall–Kier alpha value is -1.62. The third-order valence-corrected chi connectivity index (χ3v) is 3.03. The number of nitrogens with zero attached hydrogens (tertiary/aromatic N) is 3. The van der Waals surface area contributed by atoms with Gasteiger partial charge < -0.3 is 10.6 Å². The lowest BCUT2D eigenvalue weighted by Crippen LogP contribution is -2.38. The molecule has 0 spiro atoms. The first kappa shape index (κ1) is 14.8. The van der Waals surface area contributed by atoms with Gasteiger partial charge in [-0.1, -0.05) is 0 Å². The van der Waals surface area contributed by atoms with Crippen LogP contribution in [0.2, 0.25) is 0 Å². The van der Waals surface area contributed by atoms with Crippen molar-refractivity contribution in [2.75, 3.05) is 18.4 Å². The van der Waals surface area contributed by atoms with Crippen LogP contribution in [-0.4, -0.2) is 33.4 Å². The molecule has 5 nitrogen and oxygen atoms in total. The molecule has 110 valence electrons. The van der Waals surface area contributed by atoms with Gasteiger partial charge in [0.15, 0.2) is 5.65 Å². The average molecular weight is 275 g/mol. The van der Waals surface area contributed by atoms with Crippen molar-refractivity contribution in [1.82, 2.24) is 20.1 Å². The summed E-state index contributed by atoms with van der Waals surface area (Å²) >= 11 is 0. The van der Waals surface area contributed by atoms with Crippen molar-refractivity contribution in [3.8, 4) is 0 Å². The van der Waals surface area contributed by atoms with Gasteiger partial charge in [0.25, 0.3) is 0 Å². The van der Waals surface area contributed by atoms with Crippen LogP contribution in [0.5, 0.6) is 0 Å². The van der Waals surface area contributed by atoms with Gasteiger partial charge in [-0.15, -0.1) is 0 Å². The molecule has 5 heteroatoms. The zero-order valence-electron chi connectivity index (χ0n) is 13.1. The Morgan fingerprint density at radius 3 is 2.60 bits per heavy atom. The minimum atomic E-state index is 0.155. The van der Waals surface area contributed by atoms with Crippen molar-refractivity contribution < 1.29 is 0 Å². The van der Waals surface area contributed by atoms with Gasteiger partial charge in [0.1, 0.15) is 0 Å². The lowest BCUT2D eigenvalue weighted by atomic mass is 10.1. The van der Waals surface area contributed by atoms with Crippen molar-refractivity contribution in [2.24, 2.45) is 0 Å². The number of nitrogens with one attached hydrogen (secondary N) is 2. The normalized spacial score (nSPS) is 12.3. The van der Waals surface area contributed by atoms with E-state index in [1.54, 1.807) is 0 Å². The molecule has 0 aliphatic heterocycles. The molecule has 0 aromatic carbocycles. The standard InChI is InChI=1S/C15H25N5/c1-11(2)20-14-12(9-19-20)8-13(10-17-14)16-6-7-18-15(3,4)5/h8-11,16,18H,6-7H2,1-5H3. The van der Waals surface area contributed by atoms with Gasteiger partial charge in [0.2, 0.25) is 0 Å². The smallest absolute Gasteiger partial charge is 0.158 e. The Morgan fingerprint density at radius 2 is 1.95 bits per heavy atom. The van der Waals surface area contributed by atoms with E-state index in [4.69, 9.17) is 0 Å². The quantitative estimate of drug-likeness (QED) is 0.824. The van der Waals surface area contributed by atoms with E-state index in [1.807, 2.05) is 17.1 Å². The summed E-state index contributed by atoms with van der Waals surface area (Å²) in [4.78, 5) is 4.51. The number of hydrogen-bond donors (Lipinski definition) is 2. The highest BCUT2D eigenvalue weighted by atomic mass is 15.3. The summed E-state index contributed by atoms with van der Waals surface area (Å²) in [7, 11) is 0. The van der Waals surface area contributed by atoms with E-state index in [2.05, 4.69) is 61.4 Å². The zero-order chi connectivity index (χ0) is 14.8. The number of fused-ring (bicyclic) bond motifs is 1. The molecule has 0 atom stereocenters.